The fourth-order valence-corrected chi connectivity index (χ4v) is 2.37. The number of rotatable bonds is 5. The van der Waals surface area contributed by atoms with Crippen molar-refractivity contribution in [2.75, 3.05) is 0 Å². The largest absolute Gasteiger partial charge is 0.343 e. The third kappa shape index (κ3) is 2.97. The second kappa shape index (κ2) is 5.67. The van der Waals surface area contributed by atoms with Gasteiger partial charge in [0.1, 0.15) is 0 Å². The normalized spacial score (nSPS) is 10.6. The summed E-state index contributed by atoms with van der Waals surface area (Å²) in [6.45, 7) is 2.74. The van der Waals surface area contributed by atoms with Gasteiger partial charge in [0.05, 0.1) is 0 Å². The standard InChI is InChI=1S/C11H14N4OS/c1-2-6-15-10(16)13-14-11(15)17-8-9-4-3-5-12-7-9/h3-5,7H,2,6,8H2,1H3,(H,13,16). The Kier molecular flexibility index (Phi) is 3.98. The van der Waals surface area contributed by atoms with Gasteiger partial charge in [-0.2, -0.15) is 0 Å². The molecule has 17 heavy (non-hydrogen) atoms. The Bertz CT molecular complexity index is 520. The quantitative estimate of drug-likeness (QED) is 0.820. The Morgan fingerprint density at radius 3 is 3.12 bits per heavy atom. The molecular formula is C11H14N4OS. The minimum Gasteiger partial charge on any atom is -0.270 e. The number of pyridine rings is 1. The molecule has 0 amide bonds. The van der Waals surface area contributed by atoms with E-state index in [0.29, 0.717) is 6.54 Å². The van der Waals surface area contributed by atoms with Crippen molar-refractivity contribution in [3.8, 4) is 0 Å². The van der Waals surface area contributed by atoms with Gasteiger partial charge in [-0.3, -0.25) is 9.55 Å². The summed E-state index contributed by atoms with van der Waals surface area (Å²) in [5.74, 6) is 0.766. The summed E-state index contributed by atoms with van der Waals surface area (Å²) in [5.41, 5.74) is 0.983. The van der Waals surface area contributed by atoms with E-state index in [0.717, 1.165) is 22.9 Å². The molecule has 0 unspecified atom stereocenters. The fraction of sp³-hybridized carbons (Fsp3) is 0.364. The lowest BCUT2D eigenvalue weighted by molar-refractivity contribution is 0.604. The van der Waals surface area contributed by atoms with Crippen LogP contribution in [-0.4, -0.2) is 19.7 Å². The van der Waals surface area contributed by atoms with Crippen LogP contribution < -0.4 is 5.69 Å². The number of thioether (sulfide) groups is 1. The minimum absolute atomic E-state index is 0.138. The van der Waals surface area contributed by atoms with Gasteiger partial charge in [-0.05, 0) is 18.1 Å². The van der Waals surface area contributed by atoms with Crippen LogP contribution >= 0.6 is 11.8 Å². The molecule has 0 aliphatic carbocycles. The lowest BCUT2D eigenvalue weighted by Crippen LogP contribution is -2.17. The highest BCUT2D eigenvalue weighted by Crippen LogP contribution is 2.18. The van der Waals surface area contributed by atoms with Crippen LogP contribution in [0.5, 0.6) is 0 Å². The third-order valence-electron chi connectivity index (χ3n) is 2.26. The van der Waals surface area contributed by atoms with Gasteiger partial charge < -0.3 is 0 Å². The number of nitrogens with one attached hydrogen (secondary N) is 1. The van der Waals surface area contributed by atoms with E-state index in [1.165, 1.54) is 0 Å². The molecule has 2 aromatic heterocycles. The summed E-state index contributed by atoms with van der Waals surface area (Å²) in [6, 6.07) is 3.91. The molecule has 0 saturated heterocycles. The number of aromatic amines is 1. The summed E-state index contributed by atoms with van der Waals surface area (Å²) in [6.07, 6.45) is 4.48. The molecule has 0 radical (unpaired) electrons. The summed E-state index contributed by atoms with van der Waals surface area (Å²) < 4.78 is 1.67. The van der Waals surface area contributed by atoms with Crippen LogP contribution in [0.2, 0.25) is 0 Å². The van der Waals surface area contributed by atoms with Gasteiger partial charge in [-0.1, -0.05) is 24.8 Å². The smallest absolute Gasteiger partial charge is 0.270 e. The Balaban J connectivity index is 2.07. The SMILES string of the molecule is CCCn1c(SCc2cccnc2)n[nH]c1=O. The van der Waals surface area contributed by atoms with Crippen LogP contribution in [0, 0.1) is 0 Å². The predicted octanol–water partition coefficient (Wildman–Crippen LogP) is 1.67. The molecule has 2 aromatic rings. The van der Waals surface area contributed by atoms with Crippen molar-refractivity contribution >= 4 is 11.8 Å². The third-order valence-corrected chi connectivity index (χ3v) is 3.31. The maximum atomic E-state index is 11.5. The van der Waals surface area contributed by atoms with Crippen LogP contribution in [0.4, 0.5) is 0 Å². The molecule has 0 aliphatic rings. The molecule has 1 N–H and O–H groups in total. The van der Waals surface area contributed by atoms with Crippen molar-refractivity contribution < 1.29 is 0 Å². The summed E-state index contributed by atoms with van der Waals surface area (Å²) >= 11 is 1.54. The molecule has 5 nitrogen and oxygen atoms in total. The van der Waals surface area contributed by atoms with E-state index in [2.05, 4.69) is 15.2 Å². The lowest BCUT2D eigenvalue weighted by Gasteiger charge is -2.03. The Hall–Kier alpha value is -1.56. The van der Waals surface area contributed by atoms with Crippen molar-refractivity contribution in [3.05, 3.63) is 40.6 Å². The van der Waals surface area contributed by atoms with Crippen molar-refractivity contribution in [2.24, 2.45) is 0 Å². The second-order valence-electron chi connectivity index (χ2n) is 3.61. The van der Waals surface area contributed by atoms with Crippen LogP contribution in [0.1, 0.15) is 18.9 Å². The number of nitrogens with zero attached hydrogens (tertiary/aromatic N) is 3. The fourth-order valence-electron chi connectivity index (χ4n) is 1.47. The topological polar surface area (TPSA) is 63.6 Å². The molecular weight excluding hydrogens is 236 g/mol. The highest BCUT2D eigenvalue weighted by Gasteiger charge is 2.07. The molecule has 90 valence electrons. The van der Waals surface area contributed by atoms with E-state index in [1.807, 2.05) is 25.3 Å². The van der Waals surface area contributed by atoms with Crippen LogP contribution in [0.3, 0.4) is 0 Å². The molecule has 0 spiro atoms. The summed E-state index contributed by atoms with van der Waals surface area (Å²) in [5, 5.41) is 7.23. The average molecular weight is 250 g/mol. The first-order chi connectivity index (χ1) is 8.31. The zero-order chi connectivity index (χ0) is 12.1. The number of H-pyrrole nitrogens is 1. The van der Waals surface area contributed by atoms with Crippen molar-refractivity contribution in [1.82, 2.24) is 19.7 Å². The zero-order valence-corrected chi connectivity index (χ0v) is 10.4. The predicted molar refractivity (Wildman–Crippen MR) is 66.9 cm³/mol. The molecule has 6 heteroatoms. The van der Waals surface area contributed by atoms with Gasteiger partial charge in [-0.25, -0.2) is 9.89 Å². The summed E-state index contributed by atoms with van der Waals surface area (Å²) in [7, 11) is 0. The first kappa shape index (κ1) is 11.9. The Labute approximate surface area is 103 Å². The van der Waals surface area contributed by atoms with E-state index in [4.69, 9.17) is 0 Å². The maximum Gasteiger partial charge on any atom is 0.343 e. The van der Waals surface area contributed by atoms with E-state index < -0.39 is 0 Å². The number of hydrogen-bond donors (Lipinski definition) is 1. The molecule has 0 bridgehead atoms. The Morgan fingerprint density at radius 2 is 2.41 bits per heavy atom. The van der Waals surface area contributed by atoms with Crippen LogP contribution in [0.15, 0.2) is 34.5 Å². The molecule has 0 fully saturated rings. The van der Waals surface area contributed by atoms with Crippen LogP contribution in [0.25, 0.3) is 0 Å². The molecule has 0 aliphatic heterocycles. The van der Waals surface area contributed by atoms with Gasteiger partial charge >= 0.3 is 5.69 Å². The first-order valence-corrected chi connectivity index (χ1v) is 6.46. The zero-order valence-electron chi connectivity index (χ0n) is 9.59. The molecule has 0 saturated carbocycles. The van der Waals surface area contributed by atoms with Gasteiger partial charge in [-0.15, -0.1) is 5.10 Å². The van der Waals surface area contributed by atoms with Crippen molar-refractivity contribution in [3.63, 3.8) is 0 Å². The van der Waals surface area contributed by atoms with E-state index in [1.54, 1.807) is 22.5 Å². The van der Waals surface area contributed by atoms with Gasteiger partial charge in [0.15, 0.2) is 5.16 Å². The van der Waals surface area contributed by atoms with Crippen molar-refractivity contribution in [2.45, 2.75) is 30.8 Å². The van der Waals surface area contributed by atoms with E-state index in [-0.39, 0.29) is 5.69 Å². The monoisotopic (exact) mass is 250 g/mol. The minimum atomic E-state index is -0.138. The summed E-state index contributed by atoms with van der Waals surface area (Å²) in [4.78, 5) is 15.5. The second-order valence-corrected chi connectivity index (χ2v) is 4.56. The molecule has 0 aromatic carbocycles. The Morgan fingerprint density at radius 1 is 1.53 bits per heavy atom. The van der Waals surface area contributed by atoms with Gasteiger partial charge in [0.25, 0.3) is 0 Å². The average Bonchev–Trinajstić information content (AvgIpc) is 2.70. The van der Waals surface area contributed by atoms with Gasteiger partial charge in [0, 0.05) is 24.7 Å². The lowest BCUT2D eigenvalue weighted by atomic mass is 10.3. The molecule has 2 heterocycles. The first-order valence-electron chi connectivity index (χ1n) is 5.48. The van der Waals surface area contributed by atoms with Gasteiger partial charge in [0.2, 0.25) is 0 Å². The van der Waals surface area contributed by atoms with E-state index >= 15 is 0 Å². The highest BCUT2D eigenvalue weighted by molar-refractivity contribution is 7.98. The van der Waals surface area contributed by atoms with E-state index in [9.17, 15) is 4.79 Å². The van der Waals surface area contributed by atoms with Crippen LogP contribution in [-0.2, 0) is 12.3 Å². The number of hydrogen-bond acceptors (Lipinski definition) is 4. The number of aromatic nitrogens is 4. The molecule has 0 atom stereocenters. The highest BCUT2D eigenvalue weighted by atomic mass is 32.2. The molecule has 2 rings (SSSR count). The maximum absolute atomic E-state index is 11.5. The van der Waals surface area contributed by atoms with Crippen molar-refractivity contribution in [1.29, 1.82) is 0 Å².